The van der Waals surface area contributed by atoms with Crippen molar-refractivity contribution >= 4 is 11.9 Å². The van der Waals surface area contributed by atoms with E-state index in [2.05, 4.69) is 0 Å². The molecule has 0 heterocycles. The smallest absolute Gasteiger partial charge is 0.310 e. The van der Waals surface area contributed by atoms with Crippen LogP contribution in [0.15, 0.2) is 48.5 Å². The quantitative estimate of drug-likeness (QED) is 0.270. The maximum absolute atomic E-state index is 14.7. The number of carbonyl (C=O) groups excluding carboxylic acids is 2. The molecule has 0 aromatic heterocycles. The molecular weight excluding hydrogens is 640 g/mol. The monoisotopic (exact) mass is 692 g/mol. The standard InChI is InChI=1S/C40H52O10/c1-35(2,3)49-33(45)25-29-37(17-41)27(21-9-13-23(47-7)14-10-21)38(18-42)30(25)40(20-44)28(22-11-15-24(48-8)16-12-22)39(29,19-43)31(37)26(32(38)40)34(46)50-36(4,5)6/h9-16,25-32,41-44H,17-20H2,1-8H3. The van der Waals surface area contributed by atoms with Crippen molar-refractivity contribution in [3.63, 3.8) is 0 Å². The largest absolute Gasteiger partial charge is 0.497 e. The van der Waals surface area contributed by atoms with Gasteiger partial charge in [0.05, 0.1) is 26.1 Å². The lowest BCUT2D eigenvalue weighted by Gasteiger charge is -2.97. The summed E-state index contributed by atoms with van der Waals surface area (Å²) in [6, 6.07) is 15.1. The predicted octanol–water partition coefficient (Wildman–Crippen LogP) is 3.93. The highest BCUT2D eigenvalue weighted by Gasteiger charge is 3.01. The number of aliphatic hydroxyl groups excluding tert-OH is 4. The van der Waals surface area contributed by atoms with E-state index in [4.69, 9.17) is 18.9 Å². The fraction of sp³-hybridized carbons (Fsp3) is 0.650. The normalized spacial score (nSPS) is 40.4. The Labute approximate surface area is 294 Å². The molecule has 0 atom stereocenters. The maximum Gasteiger partial charge on any atom is 0.310 e. The third kappa shape index (κ3) is 3.99. The molecule has 0 unspecified atom stereocenters. The Morgan fingerprint density at radius 3 is 1.00 bits per heavy atom. The van der Waals surface area contributed by atoms with Gasteiger partial charge >= 0.3 is 11.9 Å². The number of hydrogen-bond acceptors (Lipinski definition) is 10. The first-order valence-corrected chi connectivity index (χ1v) is 17.7. The summed E-state index contributed by atoms with van der Waals surface area (Å²) in [7, 11) is 3.16. The molecular formula is C40H52O10. The second kappa shape index (κ2) is 11.2. The van der Waals surface area contributed by atoms with Crippen LogP contribution in [-0.4, -0.2) is 84.2 Å². The van der Waals surface area contributed by atoms with Crippen LogP contribution in [0.3, 0.4) is 0 Å². The van der Waals surface area contributed by atoms with Crippen molar-refractivity contribution in [3.05, 3.63) is 59.7 Å². The number of hydrogen-bond donors (Lipinski definition) is 4. The van der Waals surface area contributed by atoms with E-state index < -0.39 is 119 Å². The van der Waals surface area contributed by atoms with E-state index >= 15 is 0 Å². The second-order valence-corrected chi connectivity index (χ2v) is 17.5. The molecule has 8 rings (SSSR count). The van der Waals surface area contributed by atoms with E-state index in [0.717, 1.165) is 11.1 Å². The van der Waals surface area contributed by atoms with Gasteiger partial charge in [-0.3, -0.25) is 9.59 Å². The number of esters is 2. The van der Waals surface area contributed by atoms with Crippen LogP contribution in [0.1, 0.15) is 64.5 Å². The highest BCUT2D eigenvalue weighted by Crippen LogP contribution is 3.00. The van der Waals surface area contributed by atoms with E-state index in [1.165, 1.54) is 0 Å². The zero-order valence-corrected chi connectivity index (χ0v) is 30.3. The average molecular weight is 693 g/mol. The molecule has 8 bridgehead atoms. The molecule has 6 fully saturated rings. The highest BCUT2D eigenvalue weighted by molar-refractivity contribution is 5.82. The number of aliphatic hydroxyl groups is 4. The zero-order valence-electron chi connectivity index (χ0n) is 30.3. The van der Waals surface area contributed by atoms with Crippen LogP contribution in [0.5, 0.6) is 11.5 Å². The molecule has 272 valence electrons. The topological polar surface area (TPSA) is 152 Å². The minimum absolute atomic E-state index is 0.401. The van der Waals surface area contributed by atoms with Gasteiger partial charge in [-0.1, -0.05) is 24.3 Å². The molecule has 6 aliphatic carbocycles. The molecule has 0 saturated heterocycles. The van der Waals surface area contributed by atoms with Crippen LogP contribution in [0.25, 0.3) is 0 Å². The van der Waals surface area contributed by atoms with Crippen molar-refractivity contribution in [1.82, 2.24) is 0 Å². The molecule has 0 aliphatic heterocycles. The number of ether oxygens (including phenoxy) is 4. The van der Waals surface area contributed by atoms with Gasteiger partial charge in [0.15, 0.2) is 0 Å². The minimum atomic E-state index is -1.14. The van der Waals surface area contributed by atoms with Gasteiger partial charge in [0.1, 0.15) is 22.7 Å². The summed E-state index contributed by atoms with van der Waals surface area (Å²) in [5, 5.41) is 47.7. The summed E-state index contributed by atoms with van der Waals surface area (Å²) in [6.07, 6.45) is 0. The lowest BCUT2D eigenvalue weighted by Crippen LogP contribution is -2.98. The van der Waals surface area contributed by atoms with Gasteiger partial charge in [-0.25, -0.2) is 0 Å². The van der Waals surface area contributed by atoms with E-state index in [0.29, 0.717) is 11.5 Å². The molecule has 50 heavy (non-hydrogen) atoms. The van der Waals surface area contributed by atoms with Crippen LogP contribution >= 0.6 is 0 Å². The Morgan fingerprint density at radius 1 is 0.540 bits per heavy atom. The second-order valence-electron chi connectivity index (χ2n) is 17.5. The molecule has 0 amide bonds. The summed E-state index contributed by atoms with van der Waals surface area (Å²) in [6.45, 7) is 9.20. The van der Waals surface area contributed by atoms with Crippen LogP contribution in [0, 0.1) is 57.2 Å². The molecule has 10 nitrogen and oxygen atoms in total. The lowest BCUT2D eigenvalue weighted by atomic mass is 9.05. The maximum atomic E-state index is 14.7. The van der Waals surface area contributed by atoms with E-state index in [-0.39, 0.29) is 0 Å². The third-order valence-corrected chi connectivity index (χ3v) is 13.6. The zero-order chi connectivity index (χ0) is 36.4. The lowest BCUT2D eigenvalue weighted by molar-refractivity contribution is -0.503. The summed E-state index contributed by atoms with van der Waals surface area (Å²) in [5.41, 5.74) is -4.56. The molecule has 2 aromatic carbocycles. The van der Waals surface area contributed by atoms with Gasteiger partial charge in [-0.15, -0.1) is 0 Å². The Balaban J connectivity index is 1.58. The summed E-state index contributed by atoms with van der Waals surface area (Å²) >= 11 is 0. The SMILES string of the molecule is COc1ccc(C2C3(CO)C4C(C(=O)OC(C)(C)C)C5C2(CO)C2C(C(=O)OC(C)(C)C)C3C4(CO)C(c3ccc(OC)cc3)C52CO)cc1. The predicted molar refractivity (Wildman–Crippen MR) is 182 cm³/mol. The fourth-order valence-electron chi connectivity index (χ4n) is 13.3. The number of carbonyl (C=O) groups is 2. The number of methoxy groups -OCH3 is 2. The van der Waals surface area contributed by atoms with Crippen molar-refractivity contribution in [2.45, 2.75) is 64.6 Å². The minimum Gasteiger partial charge on any atom is -0.497 e. The summed E-state index contributed by atoms with van der Waals surface area (Å²) in [4.78, 5) is 29.4. The fourth-order valence-corrected chi connectivity index (χ4v) is 13.3. The van der Waals surface area contributed by atoms with Crippen LogP contribution in [-0.2, 0) is 19.1 Å². The Morgan fingerprint density at radius 2 is 0.800 bits per heavy atom. The van der Waals surface area contributed by atoms with E-state index in [1.807, 2.05) is 48.5 Å². The number of benzene rings is 2. The molecule has 2 aromatic rings. The molecule has 6 saturated carbocycles. The van der Waals surface area contributed by atoms with Gasteiger partial charge < -0.3 is 39.4 Å². The first-order chi connectivity index (χ1) is 23.5. The number of rotatable bonds is 10. The molecule has 4 N–H and O–H groups in total. The van der Waals surface area contributed by atoms with Gasteiger partial charge in [0, 0.05) is 59.9 Å². The van der Waals surface area contributed by atoms with Crippen LogP contribution in [0.2, 0.25) is 0 Å². The third-order valence-electron chi connectivity index (χ3n) is 13.6. The Bertz CT molecular complexity index is 1460. The average Bonchev–Trinajstić information content (AvgIpc) is 3.05. The summed E-state index contributed by atoms with van der Waals surface area (Å²) in [5.74, 6) is -5.13. The Kier molecular flexibility index (Phi) is 7.86. The van der Waals surface area contributed by atoms with Crippen molar-refractivity contribution in [3.8, 4) is 11.5 Å². The van der Waals surface area contributed by atoms with Crippen molar-refractivity contribution in [2.24, 2.45) is 57.2 Å². The van der Waals surface area contributed by atoms with Crippen molar-refractivity contribution in [1.29, 1.82) is 0 Å². The van der Waals surface area contributed by atoms with Gasteiger partial charge in [0.2, 0.25) is 0 Å². The van der Waals surface area contributed by atoms with Crippen LogP contribution in [0.4, 0.5) is 0 Å². The summed E-state index contributed by atoms with van der Waals surface area (Å²) < 4.78 is 23.3. The van der Waals surface area contributed by atoms with Gasteiger partial charge in [0.25, 0.3) is 0 Å². The first-order valence-electron chi connectivity index (χ1n) is 17.7. The van der Waals surface area contributed by atoms with Gasteiger partial charge in [-0.05, 0) is 101 Å². The van der Waals surface area contributed by atoms with Crippen molar-refractivity contribution < 1.29 is 49.0 Å². The molecule has 6 aliphatic rings. The van der Waals surface area contributed by atoms with Gasteiger partial charge in [-0.2, -0.15) is 0 Å². The highest BCUT2D eigenvalue weighted by atomic mass is 16.6. The van der Waals surface area contributed by atoms with Crippen molar-refractivity contribution in [2.75, 3.05) is 40.6 Å². The van der Waals surface area contributed by atoms with E-state index in [1.54, 1.807) is 55.8 Å². The molecule has 10 heteroatoms. The Hall–Kier alpha value is -3.18. The van der Waals surface area contributed by atoms with E-state index in [9.17, 15) is 30.0 Å². The molecule has 0 spiro atoms. The molecule has 0 radical (unpaired) electrons. The first kappa shape index (κ1) is 35.2. The van der Waals surface area contributed by atoms with Crippen LogP contribution < -0.4 is 9.47 Å².